The molecule has 1 atom stereocenters. The van der Waals surface area contributed by atoms with Gasteiger partial charge in [-0.15, -0.1) is 0 Å². The fraction of sp³-hybridized carbons (Fsp3) is 0.855. The fourth-order valence-corrected chi connectivity index (χ4v) is 11.0. The van der Waals surface area contributed by atoms with Crippen molar-refractivity contribution in [1.29, 1.82) is 0 Å². The lowest BCUT2D eigenvalue weighted by Gasteiger charge is -2.18. The van der Waals surface area contributed by atoms with Crippen LogP contribution in [0.4, 0.5) is 0 Å². The highest BCUT2D eigenvalue weighted by Gasteiger charge is 2.19. The van der Waals surface area contributed by atoms with Crippen molar-refractivity contribution >= 4 is 17.9 Å². The monoisotopic (exact) mass is 1150 g/mol. The maximum Gasteiger partial charge on any atom is 0.306 e. The van der Waals surface area contributed by atoms with Gasteiger partial charge in [0.25, 0.3) is 0 Å². The molecule has 0 saturated heterocycles. The Morgan fingerprint density at radius 2 is 0.439 bits per heavy atom. The molecule has 0 N–H and O–H groups in total. The highest BCUT2D eigenvalue weighted by Crippen LogP contribution is 2.18. The van der Waals surface area contributed by atoms with E-state index in [2.05, 4.69) is 69.4 Å². The van der Waals surface area contributed by atoms with Crippen LogP contribution in [0.2, 0.25) is 0 Å². The van der Waals surface area contributed by atoms with E-state index in [-0.39, 0.29) is 31.1 Å². The van der Waals surface area contributed by atoms with Crippen LogP contribution in [-0.2, 0) is 28.6 Å². The van der Waals surface area contributed by atoms with E-state index in [1.807, 2.05) is 0 Å². The quantitative estimate of drug-likeness (QED) is 0.0261. The van der Waals surface area contributed by atoms with Gasteiger partial charge >= 0.3 is 17.9 Å². The summed E-state index contributed by atoms with van der Waals surface area (Å²) in [6.07, 6.45) is 90.5. The van der Waals surface area contributed by atoms with Crippen LogP contribution in [0.5, 0.6) is 0 Å². The number of hydrogen-bond acceptors (Lipinski definition) is 6. The molecule has 0 fully saturated rings. The third-order valence-corrected chi connectivity index (χ3v) is 16.6. The summed E-state index contributed by atoms with van der Waals surface area (Å²) in [5.74, 6) is -0.853. The van der Waals surface area contributed by atoms with Gasteiger partial charge in [-0.2, -0.15) is 0 Å². The lowest BCUT2D eigenvalue weighted by molar-refractivity contribution is -0.167. The number of hydrogen-bond donors (Lipinski definition) is 0. The zero-order valence-corrected chi connectivity index (χ0v) is 55.3. The van der Waals surface area contributed by atoms with Crippen molar-refractivity contribution in [2.24, 2.45) is 0 Å². The summed E-state index contributed by atoms with van der Waals surface area (Å²) in [5, 5.41) is 0. The SMILES string of the molecule is CCCCCCC/C=C\C/C=C\C/C=C\CCCCCCCCCCCCCCCCCCC(=O)OCC(COC(=O)CCCCCCCC)OC(=O)CCCCCCCCCCCCCCCCC/C=C\CCCCCCCCCC. The van der Waals surface area contributed by atoms with Crippen LogP contribution in [0.15, 0.2) is 48.6 Å². The van der Waals surface area contributed by atoms with E-state index in [4.69, 9.17) is 14.2 Å². The van der Waals surface area contributed by atoms with Crippen molar-refractivity contribution in [2.45, 2.75) is 406 Å². The predicted molar refractivity (Wildman–Crippen MR) is 358 cm³/mol. The Hall–Kier alpha value is -2.63. The molecular formula is C76H140O6. The van der Waals surface area contributed by atoms with Gasteiger partial charge < -0.3 is 14.2 Å². The standard InChI is InChI=1S/C76H140O6/c1-4-7-10-13-16-18-20-22-24-26-28-30-32-34-36-37-38-39-41-42-44-46-48-50-52-54-56-58-60-63-66-69-75(78)81-72-73(71-80-74(77)68-65-62-15-12-9-6-3)82-76(79)70-67-64-61-59-57-55-53-51-49-47-45-43-40-35-33-31-29-27-25-23-21-19-17-14-11-8-5-2/h20,22,26-29,32,34,73H,4-19,21,23-25,30-31,33,35-72H2,1-3H3/b22-20-,28-26-,29-27-,34-32-. The van der Waals surface area contributed by atoms with Gasteiger partial charge in [0.2, 0.25) is 0 Å². The van der Waals surface area contributed by atoms with E-state index in [1.54, 1.807) is 0 Å². The molecule has 0 aromatic rings. The van der Waals surface area contributed by atoms with E-state index >= 15 is 0 Å². The first kappa shape index (κ1) is 79.4. The Kier molecular flexibility index (Phi) is 68.6. The molecule has 0 bridgehead atoms. The molecule has 0 saturated carbocycles. The summed E-state index contributed by atoms with van der Waals surface area (Å²) in [5.41, 5.74) is 0. The van der Waals surface area contributed by atoms with Gasteiger partial charge in [-0.25, -0.2) is 0 Å². The van der Waals surface area contributed by atoms with Crippen molar-refractivity contribution in [3.8, 4) is 0 Å². The summed E-state index contributed by atoms with van der Waals surface area (Å²) in [6, 6.07) is 0. The Balaban J connectivity index is 3.97. The third kappa shape index (κ3) is 68.2. The summed E-state index contributed by atoms with van der Waals surface area (Å²) in [4.78, 5) is 38.1. The van der Waals surface area contributed by atoms with Crippen molar-refractivity contribution in [1.82, 2.24) is 0 Å². The molecule has 0 aromatic heterocycles. The molecule has 0 radical (unpaired) electrons. The Morgan fingerprint density at radius 3 is 0.695 bits per heavy atom. The Labute approximate surface area is 511 Å². The average Bonchev–Trinajstić information content (AvgIpc) is 3.47. The lowest BCUT2D eigenvalue weighted by Crippen LogP contribution is -2.30. The van der Waals surface area contributed by atoms with Crippen molar-refractivity contribution in [3.05, 3.63) is 48.6 Å². The highest BCUT2D eigenvalue weighted by molar-refractivity contribution is 5.71. The van der Waals surface area contributed by atoms with Crippen LogP contribution in [-0.4, -0.2) is 37.2 Å². The molecule has 6 nitrogen and oxygen atoms in total. The van der Waals surface area contributed by atoms with Crippen LogP contribution >= 0.6 is 0 Å². The third-order valence-electron chi connectivity index (χ3n) is 16.6. The minimum Gasteiger partial charge on any atom is -0.462 e. The maximum atomic E-state index is 12.9. The number of allylic oxidation sites excluding steroid dienone is 8. The highest BCUT2D eigenvalue weighted by atomic mass is 16.6. The second kappa shape index (κ2) is 70.9. The molecule has 0 amide bonds. The van der Waals surface area contributed by atoms with Crippen molar-refractivity contribution in [2.75, 3.05) is 13.2 Å². The van der Waals surface area contributed by atoms with Gasteiger partial charge in [-0.1, -0.05) is 345 Å². The van der Waals surface area contributed by atoms with E-state index in [0.29, 0.717) is 19.3 Å². The smallest absolute Gasteiger partial charge is 0.306 e. The zero-order valence-electron chi connectivity index (χ0n) is 55.3. The second-order valence-corrected chi connectivity index (χ2v) is 24.9. The summed E-state index contributed by atoms with van der Waals surface area (Å²) < 4.78 is 16.9. The molecule has 0 rings (SSSR count). The fourth-order valence-electron chi connectivity index (χ4n) is 11.0. The average molecular weight is 1150 g/mol. The van der Waals surface area contributed by atoms with Crippen LogP contribution in [0, 0.1) is 0 Å². The van der Waals surface area contributed by atoms with Crippen LogP contribution in [0.25, 0.3) is 0 Å². The summed E-state index contributed by atoms with van der Waals surface area (Å²) in [6.45, 7) is 6.63. The molecule has 82 heavy (non-hydrogen) atoms. The molecule has 0 aliphatic carbocycles. The summed E-state index contributed by atoms with van der Waals surface area (Å²) in [7, 11) is 0. The van der Waals surface area contributed by atoms with Gasteiger partial charge in [0.05, 0.1) is 0 Å². The van der Waals surface area contributed by atoms with E-state index in [0.717, 1.165) is 70.6 Å². The minimum atomic E-state index is -0.768. The molecule has 0 aliphatic rings. The normalized spacial score (nSPS) is 12.3. The Bertz CT molecular complexity index is 1410. The van der Waals surface area contributed by atoms with Gasteiger partial charge in [0.1, 0.15) is 13.2 Å². The number of unbranched alkanes of at least 4 members (excludes halogenated alkanes) is 49. The number of rotatable bonds is 68. The first-order chi connectivity index (χ1) is 40.5. The zero-order chi connectivity index (χ0) is 59.2. The van der Waals surface area contributed by atoms with Gasteiger partial charge in [0, 0.05) is 19.3 Å². The van der Waals surface area contributed by atoms with Gasteiger partial charge in [-0.05, 0) is 83.5 Å². The first-order valence-electron chi connectivity index (χ1n) is 36.6. The minimum absolute atomic E-state index is 0.0682. The number of carbonyl (C=O) groups excluding carboxylic acids is 3. The molecule has 480 valence electrons. The number of ether oxygens (including phenoxy) is 3. The van der Waals surface area contributed by atoms with Crippen molar-refractivity contribution in [3.63, 3.8) is 0 Å². The molecule has 0 heterocycles. The topological polar surface area (TPSA) is 78.9 Å². The molecule has 0 aromatic carbocycles. The molecule has 1 unspecified atom stereocenters. The molecule has 0 aliphatic heterocycles. The van der Waals surface area contributed by atoms with E-state index in [1.165, 1.54) is 289 Å². The van der Waals surface area contributed by atoms with Gasteiger partial charge in [0.15, 0.2) is 6.10 Å². The number of esters is 3. The maximum absolute atomic E-state index is 12.9. The molecule has 0 spiro atoms. The van der Waals surface area contributed by atoms with Gasteiger partial charge in [-0.3, -0.25) is 14.4 Å². The first-order valence-corrected chi connectivity index (χ1v) is 36.6. The van der Waals surface area contributed by atoms with Crippen LogP contribution in [0.3, 0.4) is 0 Å². The second-order valence-electron chi connectivity index (χ2n) is 24.9. The lowest BCUT2D eigenvalue weighted by atomic mass is 10.0. The van der Waals surface area contributed by atoms with Crippen LogP contribution in [0.1, 0.15) is 400 Å². The van der Waals surface area contributed by atoms with E-state index < -0.39 is 6.10 Å². The largest absolute Gasteiger partial charge is 0.462 e. The summed E-state index contributed by atoms with van der Waals surface area (Å²) >= 11 is 0. The molecular weight excluding hydrogens is 1010 g/mol. The van der Waals surface area contributed by atoms with Crippen LogP contribution < -0.4 is 0 Å². The van der Waals surface area contributed by atoms with E-state index in [9.17, 15) is 14.4 Å². The Morgan fingerprint density at radius 1 is 0.244 bits per heavy atom. The molecule has 6 heteroatoms. The predicted octanol–water partition coefficient (Wildman–Crippen LogP) is 25.3. The van der Waals surface area contributed by atoms with Crippen molar-refractivity contribution < 1.29 is 28.6 Å². The number of carbonyl (C=O) groups is 3.